The number of nitrogens with zero attached hydrogens (tertiary/aromatic N) is 2. The van der Waals surface area contributed by atoms with Gasteiger partial charge in [0.1, 0.15) is 5.00 Å². The van der Waals surface area contributed by atoms with E-state index in [2.05, 4.69) is 27.2 Å². The predicted molar refractivity (Wildman–Crippen MR) is 117 cm³/mol. The van der Waals surface area contributed by atoms with Gasteiger partial charge in [-0.2, -0.15) is 0 Å². The Hall–Kier alpha value is -2.91. The molecule has 1 aliphatic heterocycles. The summed E-state index contributed by atoms with van der Waals surface area (Å²) >= 11 is 0.998. The van der Waals surface area contributed by atoms with Crippen LogP contribution >= 0.6 is 11.3 Å². The number of fused-ring (bicyclic) bond motifs is 1. The molecule has 1 aromatic carbocycles. The van der Waals surface area contributed by atoms with Crippen molar-refractivity contribution in [3.63, 3.8) is 0 Å². The average molecular weight is 431 g/mol. The van der Waals surface area contributed by atoms with E-state index in [1.807, 2.05) is 19.2 Å². The zero-order chi connectivity index (χ0) is 21.8. The zero-order valence-corrected chi connectivity index (χ0v) is 18.2. The van der Waals surface area contributed by atoms with Crippen molar-refractivity contribution in [1.29, 1.82) is 0 Å². The minimum absolute atomic E-state index is 0.160. The molecule has 0 saturated carbocycles. The lowest BCUT2D eigenvalue weighted by molar-refractivity contribution is -0.117. The monoisotopic (exact) mass is 430 g/mol. The molecule has 2 aromatic rings. The molecule has 0 fully saturated rings. The lowest BCUT2D eigenvalue weighted by atomic mass is 10.1. The number of ether oxygens (including phenoxy) is 1. The van der Waals surface area contributed by atoms with Crippen LogP contribution in [0.4, 0.5) is 10.7 Å². The SMILES string of the molecule is CCOC(=O)c1c(NC(=O)CN2CCN(C)c3ccccc3C2)sc(C(N)=O)c1C. The van der Waals surface area contributed by atoms with Gasteiger partial charge in [-0.1, -0.05) is 18.2 Å². The number of likely N-dealkylation sites (N-methyl/N-ethyl adjacent to an activating group) is 1. The molecule has 0 spiro atoms. The van der Waals surface area contributed by atoms with Gasteiger partial charge in [0.05, 0.1) is 23.6 Å². The zero-order valence-electron chi connectivity index (χ0n) is 17.4. The van der Waals surface area contributed by atoms with Gasteiger partial charge in [0, 0.05) is 32.4 Å². The summed E-state index contributed by atoms with van der Waals surface area (Å²) in [6.45, 7) is 5.83. The maximum Gasteiger partial charge on any atom is 0.341 e. The third kappa shape index (κ3) is 4.63. The number of carbonyl (C=O) groups is 3. The molecular weight excluding hydrogens is 404 g/mol. The second-order valence-electron chi connectivity index (χ2n) is 7.15. The topological polar surface area (TPSA) is 105 Å². The number of thiophene rings is 1. The van der Waals surface area contributed by atoms with Gasteiger partial charge in [-0.15, -0.1) is 11.3 Å². The number of primary amides is 1. The Balaban J connectivity index is 1.77. The van der Waals surface area contributed by atoms with Gasteiger partial charge in [-0.25, -0.2) is 4.79 Å². The van der Waals surface area contributed by atoms with Gasteiger partial charge in [0.2, 0.25) is 5.91 Å². The molecule has 2 heterocycles. The van der Waals surface area contributed by atoms with Gasteiger partial charge in [0.25, 0.3) is 5.91 Å². The summed E-state index contributed by atoms with van der Waals surface area (Å²) < 4.78 is 5.09. The first-order valence-electron chi connectivity index (χ1n) is 9.73. The Bertz CT molecular complexity index is 972. The second kappa shape index (κ2) is 9.27. The van der Waals surface area contributed by atoms with Gasteiger partial charge in [0.15, 0.2) is 0 Å². The molecule has 1 aliphatic rings. The smallest absolute Gasteiger partial charge is 0.341 e. The minimum atomic E-state index is -0.643. The summed E-state index contributed by atoms with van der Waals surface area (Å²) in [7, 11) is 2.04. The molecular formula is C21H26N4O4S. The minimum Gasteiger partial charge on any atom is -0.462 e. The number of benzene rings is 1. The first kappa shape index (κ1) is 21.8. The van der Waals surface area contributed by atoms with E-state index < -0.39 is 11.9 Å². The molecule has 9 heteroatoms. The molecule has 160 valence electrons. The van der Waals surface area contributed by atoms with Crippen LogP contribution in [0.1, 0.15) is 38.1 Å². The molecule has 0 aliphatic carbocycles. The summed E-state index contributed by atoms with van der Waals surface area (Å²) in [5, 5.41) is 3.07. The fourth-order valence-electron chi connectivity index (χ4n) is 3.54. The lowest BCUT2D eigenvalue weighted by Gasteiger charge is -2.20. The maximum atomic E-state index is 12.8. The number of hydrogen-bond acceptors (Lipinski definition) is 7. The van der Waals surface area contributed by atoms with Gasteiger partial charge in [-0.3, -0.25) is 14.5 Å². The van der Waals surface area contributed by atoms with Crippen LogP contribution in [0.5, 0.6) is 0 Å². The Morgan fingerprint density at radius 2 is 1.97 bits per heavy atom. The van der Waals surface area contributed by atoms with E-state index in [1.54, 1.807) is 13.8 Å². The summed E-state index contributed by atoms with van der Waals surface area (Å²) in [5.41, 5.74) is 8.34. The van der Waals surface area contributed by atoms with Crippen molar-refractivity contribution >= 4 is 39.8 Å². The van der Waals surface area contributed by atoms with Crippen LogP contribution in [0.25, 0.3) is 0 Å². The highest BCUT2D eigenvalue weighted by Gasteiger charge is 2.26. The number of nitrogens with one attached hydrogen (secondary N) is 1. The number of rotatable bonds is 6. The molecule has 3 N–H and O–H groups in total. The van der Waals surface area contributed by atoms with E-state index in [9.17, 15) is 14.4 Å². The Morgan fingerprint density at radius 1 is 1.23 bits per heavy atom. The number of esters is 1. The van der Waals surface area contributed by atoms with Crippen molar-refractivity contribution in [1.82, 2.24) is 4.90 Å². The first-order valence-corrected chi connectivity index (χ1v) is 10.5. The summed E-state index contributed by atoms with van der Waals surface area (Å²) in [4.78, 5) is 41.3. The van der Waals surface area contributed by atoms with E-state index >= 15 is 0 Å². The first-order chi connectivity index (χ1) is 14.3. The van der Waals surface area contributed by atoms with Crippen molar-refractivity contribution in [3.05, 3.63) is 45.8 Å². The number of para-hydroxylation sites is 1. The van der Waals surface area contributed by atoms with Crippen LogP contribution in [-0.4, -0.2) is 56.0 Å². The highest BCUT2D eigenvalue weighted by molar-refractivity contribution is 7.18. The van der Waals surface area contributed by atoms with Crippen molar-refractivity contribution in [3.8, 4) is 0 Å². The molecule has 8 nitrogen and oxygen atoms in total. The van der Waals surface area contributed by atoms with Crippen LogP contribution in [0, 0.1) is 6.92 Å². The molecule has 0 radical (unpaired) electrons. The molecule has 3 rings (SSSR count). The van der Waals surface area contributed by atoms with E-state index in [0.717, 1.165) is 35.7 Å². The van der Waals surface area contributed by atoms with E-state index in [-0.39, 0.29) is 34.5 Å². The van der Waals surface area contributed by atoms with Crippen LogP contribution in [-0.2, 0) is 16.1 Å². The number of anilines is 2. The van der Waals surface area contributed by atoms with E-state index in [4.69, 9.17) is 10.5 Å². The van der Waals surface area contributed by atoms with Gasteiger partial charge >= 0.3 is 5.97 Å². The Morgan fingerprint density at radius 3 is 2.67 bits per heavy atom. The van der Waals surface area contributed by atoms with Crippen LogP contribution in [0.15, 0.2) is 24.3 Å². The van der Waals surface area contributed by atoms with Crippen LogP contribution in [0.2, 0.25) is 0 Å². The van der Waals surface area contributed by atoms with Gasteiger partial charge in [-0.05, 0) is 31.0 Å². The third-order valence-electron chi connectivity index (χ3n) is 5.02. The third-order valence-corrected chi connectivity index (χ3v) is 6.24. The van der Waals surface area contributed by atoms with Gasteiger partial charge < -0.3 is 20.7 Å². The highest BCUT2D eigenvalue weighted by Crippen LogP contribution is 2.33. The van der Waals surface area contributed by atoms with E-state index in [1.165, 1.54) is 0 Å². The highest BCUT2D eigenvalue weighted by atomic mass is 32.1. The maximum absolute atomic E-state index is 12.8. The molecule has 0 bridgehead atoms. The summed E-state index contributed by atoms with van der Waals surface area (Å²) in [5.74, 6) is -1.49. The quantitative estimate of drug-likeness (QED) is 0.681. The number of hydrogen-bond donors (Lipinski definition) is 2. The molecule has 0 saturated heterocycles. The molecule has 1 aromatic heterocycles. The summed E-state index contributed by atoms with van der Waals surface area (Å²) in [6.07, 6.45) is 0. The average Bonchev–Trinajstić information content (AvgIpc) is 2.93. The molecule has 0 atom stereocenters. The summed E-state index contributed by atoms with van der Waals surface area (Å²) in [6, 6.07) is 8.12. The molecule has 2 amide bonds. The fourth-order valence-corrected chi connectivity index (χ4v) is 4.60. The second-order valence-corrected chi connectivity index (χ2v) is 8.17. The largest absolute Gasteiger partial charge is 0.462 e. The predicted octanol–water partition coefficient (Wildman–Crippen LogP) is 2.22. The number of carbonyl (C=O) groups excluding carboxylic acids is 3. The molecule has 30 heavy (non-hydrogen) atoms. The van der Waals surface area contributed by atoms with Crippen LogP contribution < -0.4 is 16.0 Å². The Labute approximate surface area is 179 Å². The fraction of sp³-hybridized carbons (Fsp3) is 0.381. The van der Waals surface area contributed by atoms with Crippen molar-refractivity contribution in [2.45, 2.75) is 20.4 Å². The normalized spacial score (nSPS) is 14.0. The number of amides is 2. The van der Waals surface area contributed by atoms with E-state index in [0.29, 0.717) is 12.1 Å². The van der Waals surface area contributed by atoms with Crippen LogP contribution in [0.3, 0.4) is 0 Å². The van der Waals surface area contributed by atoms with Crippen molar-refractivity contribution < 1.29 is 19.1 Å². The standard InChI is InChI=1S/C21H26N4O4S/c1-4-29-21(28)17-13(2)18(19(22)27)30-20(17)23-16(26)12-25-10-9-24(3)15-8-6-5-7-14(15)11-25/h5-8H,4,9-12H2,1-3H3,(H2,22,27)(H,23,26). The lowest BCUT2D eigenvalue weighted by Crippen LogP contribution is -2.35. The van der Waals surface area contributed by atoms with Crippen molar-refractivity contribution in [2.75, 3.05) is 43.5 Å². The number of nitrogens with two attached hydrogens (primary N) is 1. The van der Waals surface area contributed by atoms with Crippen molar-refractivity contribution in [2.24, 2.45) is 5.73 Å². The molecule has 0 unspecified atom stereocenters. The Kier molecular flexibility index (Phi) is 6.73.